The molecule has 0 fully saturated rings. The van der Waals surface area contributed by atoms with Crippen LogP contribution in [0.25, 0.3) is 0 Å². The van der Waals surface area contributed by atoms with E-state index in [-0.39, 0.29) is 23.2 Å². The van der Waals surface area contributed by atoms with Crippen molar-refractivity contribution in [3.8, 4) is 0 Å². The van der Waals surface area contributed by atoms with Gasteiger partial charge in [0, 0.05) is 12.6 Å². The average molecular weight is 258 g/mol. The number of carbonyl (C=O) groups is 1. The first-order chi connectivity index (χ1) is 8.04. The second-order valence-electron chi connectivity index (χ2n) is 3.75. The lowest BCUT2D eigenvalue weighted by molar-refractivity contribution is -0.121. The van der Waals surface area contributed by atoms with Crippen molar-refractivity contribution in [2.75, 3.05) is 6.54 Å². The summed E-state index contributed by atoms with van der Waals surface area (Å²) < 4.78 is 1.30. The molecule has 0 saturated carbocycles. The second-order valence-corrected chi connectivity index (χ2v) is 4.14. The van der Waals surface area contributed by atoms with Gasteiger partial charge >= 0.3 is 0 Å². The number of amides is 1. The van der Waals surface area contributed by atoms with Crippen LogP contribution in [0.5, 0.6) is 0 Å². The lowest BCUT2D eigenvalue weighted by Crippen LogP contribution is -2.34. The summed E-state index contributed by atoms with van der Waals surface area (Å²) in [6.07, 6.45) is 1.94. The highest BCUT2D eigenvalue weighted by atomic mass is 35.5. The predicted molar refractivity (Wildman–Crippen MR) is 66.2 cm³/mol. The van der Waals surface area contributed by atoms with Crippen LogP contribution in [0.15, 0.2) is 10.9 Å². The van der Waals surface area contributed by atoms with Gasteiger partial charge in [-0.3, -0.25) is 14.2 Å². The molecule has 6 heteroatoms. The molecule has 0 aliphatic carbocycles. The van der Waals surface area contributed by atoms with Crippen LogP contribution in [0.2, 0.25) is 5.15 Å². The van der Waals surface area contributed by atoms with Crippen LogP contribution in [0, 0.1) is 6.92 Å². The van der Waals surface area contributed by atoms with Gasteiger partial charge in [0.05, 0.1) is 0 Å². The van der Waals surface area contributed by atoms with Crippen molar-refractivity contribution in [1.29, 1.82) is 0 Å². The van der Waals surface area contributed by atoms with Crippen molar-refractivity contribution in [2.45, 2.75) is 33.2 Å². The van der Waals surface area contributed by atoms with E-state index in [2.05, 4.69) is 10.3 Å². The van der Waals surface area contributed by atoms with Gasteiger partial charge in [-0.05, 0) is 13.3 Å². The lowest BCUT2D eigenvalue weighted by Gasteiger charge is -2.09. The number of hydrogen-bond donors (Lipinski definition) is 1. The van der Waals surface area contributed by atoms with E-state index in [1.54, 1.807) is 6.92 Å². The van der Waals surface area contributed by atoms with Crippen molar-refractivity contribution in [3.05, 3.63) is 27.4 Å². The molecule has 0 aliphatic rings. The molecule has 94 valence electrons. The molecule has 0 saturated heterocycles. The first kappa shape index (κ1) is 13.7. The fourth-order valence-corrected chi connectivity index (χ4v) is 1.60. The molecular weight excluding hydrogens is 242 g/mol. The molecule has 1 heterocycles. The second kappa shape index (κ2) is 6.39. The largest absolute Gasteiger partial charge is 0.355 e. The summed E-state index contributed by atoms with van der Waals surface area (Å²) in [5, 5.41) is 2.89. The lowest BCUT2D eigenvalue weighted by atomic mass is 10.3. The van der Waals surface area contributed by atoms with Crippen LogP contribution in [-0.4, -0.2) is 22.0 Å². The minimum Gasteiger partial charge on any atom is -0.355 e. The number of hydrogen-bond acceptors (Lipinski definition) is 3. The maximum atomic E-state index is 11.6. The quantitative estimate of drug-likeness (QED) is 0.635. The molecule has 0 aromatic carbocycles. The molecule has 5 nitrogen and oxygen atoms in total. The normalized spacial score (nSPS) is 10.3. The zero-order valence-corrected chi connectivity index (χ0v) is 10.8. The van der Waals surface area contributed by atoms with Crippen molar-refractivity contribution < 1.29 is 4.79 Å². The summed E-state index contributed by atoms with van der Waals surface area (Å²) in [4.78, 5) is 27.1. The highest BCUT2D eigenvalue weighted by molar-refractivity contribution is 6.29. The van der Waals surface area contributed by atoms with Gasteiger partial charge in [0.25, 0.3) is 5.56 Å². The highest BCUT2D eigenvalue weighted by Crippen LogP contribution is 2.00. The third kappa shape index (κ3) is 4.19. The number of nitrogens with one attached hydrogen (secondary N) is 1. The van der Waals surface area contributed by atoms with Crippen LogP contribution in [-0.2, 0) is 11.3 Å². The Morgan fingerprint density at radius 3 is 2.88 bits per heavy atom. The summed E-state index contributed by atoms with van der Waals surface area (Å²) in [6, 6.07) is 1.20. The number of aryl methyl sites for hydroxylation is 1. The van der Waals surface area contributed by atoms with E-state index in [4.69, 9.17) is 11.6 Å². The van der Waals surface area contributed by atoms with Gasteiger partial charge in [-0.25, -0.2) is 4.98 Å². The number of unbranched alkanes of at least 4 members (excludes halogenated alkanes) is 1. The number of rotatable bonds is 5. The van der Waals surface area contributed by atoms with Gasteiger partial charge in [-0.1, -0.05) is 24.9 Å². The Balaban J connectivity index is 2.69. The minimum atomic E-state index is -0.312. The summed E-state index contributed by atoms with van der Waals surface area (Å²) >= 11 is 5.64. The smallest absolute Gasteiger partial charge is 0.255 e. The van der Waals surface area contributed by atoms with Gasteiger partial charge < -0.3 is 5.32 Å². The van der Waals surface area contributed by atoms with Crippen LogP contribution in [0.1, 0.15) is 25.6 Å². The summed E-state index contributed by atoms with van der Waals surface area (Å²) in [5.41, 5.74) is -0.312. The highest BCUT2D eigenvalue weighted by Gasteiger charge is 2.08. The van der Waals surface area contributed by atoms with Crippen molar-refractivity contribution >= 4 is 17.5 Å². The molecular formula is C11H16ClN3O2. The third-order valence-electron chi connectivity index (χ3n) is 2.32. The van der Waals surface area contributed by atoms with Gasteiger partial charge in [0.15, 0.2) is 0 Å². The van der Waals surface area contributed by atoms with E-state index in [0.717, 1.165) is 12.8 Å². The fourth-order valence-electron chi connectivity index (χ4n) is 1.38. The monoisotopic (exact) mass is 257 g/mol. The van der Waals surface area contributed by atoms with Gasteiger partial charge in [0.1, 0.15) is 17.5 Å². The summed E-state index contributed by atoms with van der Waals surface area (Å²) in [7, 11) is 0. The fraction of sp³-hybridized carbons (Fsp3) is 0.545. The summed E-state index contributed by atoms with van der Waals surface area (Å²) in [5.74, 6) is 0.251. The molecule has 0 aliphatic heterocycles. The Hall–Kier alpha value is -1.36. The van der Waals surface area contributed by atoms with E-state index in [1.807, 2.05) is 6.92 Å². The predicted octanol–water partition coefficient (Wildman–Crippen LogP) is 1.12. The molecule has 1 aromatic heterocycles. The average Bonchev–Trinajstić information content (AvgIpc) is 2.24. The van der Waals surface area contributed by atoms with Gasteiger partial charge in [-0.2, -0.15) is 0 Å². The minimum absolute atomic E-state index is 0.0153. The standard InChI is InChI=1S/C11H16ClN3O2/c1-3-4-5-13-10(16)7-15-8(2)14-9(12)6-11(15)17/h6H,3-5,7H2,1-2H3,(H,13,16). The first-order valence-corrected chi connectivity index (χ1v) is 5.93. The Bertz CT molecular complexity index is 457. The van der Waals surface area contributed by atoms with E-state index < -0.39 is 0 Å². The molecule has 0 atom stereocenters. The van der Waals surface area contributed by atoms with Crippen molar-refractivity contribution in [1.82, 2.24) is 14.9 Å². The first-order valence-electron chi connectivity index (χ1n) is 5.55. The zero-order valence-electron chi connectivity index (χ0n) is 9.99. The van der Waals surface area contributed by atoms with E-state index in [1.165, 1.54) is 10.6 Å². The van der Waals surface area contributed by atoms with E-state index in [0.29, 0.717) is 12.4 Å². The molecule has 0 unspecified atom stereocenters. The van der Waals surface area contributed by atoms with Crippen LogP contribution >= 0.6 is 11.6 Å². The van der Waals surface area contributed by atoms with Crippen molar-refractivity contribution in [3.63, 3.8) is 0 Å². The van der Waals surface area contributed by atoms with Gasteiger partial charge in [0.2, 0.25) is 5.91 Å². The van der Waals surface area contributed by atoms with E-state index in [9.17, 15) is 9.59 Å². The van der Waals surface area contributed by atoms with Crippen molar-refractivity contribution in [2.24, 2.45) is 0 Å². The maximum absolute atomic E-state index is 11.6. The molecule has 0 spiro atoms. The van der Waals surface area contributed by atoms with Crippen LogP contribution in [0.4, 0.5) is 0 Å². The number of aromatic nitrogens is 2. The zero-order chi connectivity index (χ0) is 12.8. The number of carbonyl (C=O) groups excluding carboxylic acids is 1. The molecule has 0 radical (unpaired) electrons. The molecule has 17 heavy (non-hydrogen) atoms. The Labute approximate surface area is 105 Å². The van der Waals surface area contributed by atoms with Gasteiger partial charge in [-0.15, -0.1) is 0 Å². The molecule has 1 rings (SSSR count). The van der Waals surface area contributed by atoms with Crippen LogP contribution < -0.4 is 10.9 Å². The number of nitrogens with zero attached hydrogens (tertiary/aromatic N) is 2. The molecule has 1 N–H and O–H groups in total. The number of halogens is 1. The molecule has 1 aromatic rings. The maximum Gasteiger partial charge on any atom is 0.255 e. The Morgan fingerprint density at radius 1 is 1.59 bits per heavy atom. The SMILES string of the molecule is CCCCNC(=O)Cn1c(C)nc(Cl)cc1=O. The third-order valence-corrected chi connectivity index (χ3v) is 2.52. The van der Waals surface area contributed by atoms with E-state index >= 15 is 0 Å². The Kier molecular flexibility index (Phi) is 5.15. The summed E-state index contributed by atoms with van der Waals surface area (Å²) in [6.45, 7) is 4.30. The Morgan fingerprint density at radius 2 is 2.29 bits per heavy atom. The molecule has 1 amide bonds. The molecule has 0 bridgehead atoms. The van der Waals surface area contributed by atoms with Crippen LogP contribution in [0.3, 0.4) is 0 Å². The topological polar surface area (TPSA) is 64.0 Å².